The Morgan fingerprint density at radius 2 is 1.77 bits per heavy atom. The van der Waals surface area contributed by atoms with Gasteiger partial charge in [0, 0.05) is 0 Å². The topological polar surface area (TPSA) is 0 Å². The van der Waals surface area contributed by atoms with Crippen LogP contribution in [0.2, 0.25) is 0 Å². The molecule has 0 aliphatic heterocycles. The molecule has 0 N–H and O–H groups in total. The molecule has 1 radical (unpaired) electrons. The Kier molecular flexibility index (Phi) is 6.11. The second kappa shape index (κ2) is 6.23. The van der Waals surface area contributed by atoms with Crippen LogP contribution in [-0.2, 0) is 0 Å². The first-order valence-electron chi connectivity index (χ1n) is 5.60. The van der Waals surface area contributed by atoms with E-state index < -0.39 is 0 Å². The summed E-state index contributed by atoms with van der Waals surface area (Å²) in [5.41, 5.74) is 0.449. The normalized spacial score (nSPS) is 12.1. The van der Waals surface area contributed by atoms with Crippen LogP contribution in [0.5, 0.6) is 0 Å². The molecule has 0 aromatic rings. The second-order valence-electron chi connectivity index (χ2n) is 4.11. The molecule has 0 aliphatic rings. The molecule has 0 nitrogen and oxygen atoms in total. The molecule has 0 aliphatic carbocycles. The van der Waals surface area contributed by atoms with E-state index in [9.17, 15) is 0 Å². The van der Waals surface area contributed by atoms with E-state index in [1.807, 2.05) is 0 Å². The lowest BCUT2D eigenvalue weighted by Gasteiger charge is -2.35. The fraction of sp³-hybridized carbons (Fsp3) is 0.769. The van der Waals surface area contributed by atoms with Gasteiger partial charge in [-0.25, -0.2) is 0 Å². The van der Waals surface area contributed by atoms with Gasteiger partial charge in [0.2, 0.25) is 0 Å². The fourth-order valence-electron chi connectivity index (χ4n) is 1.88. The Morgan fingerprint density at radius 1 is 1.23 bits per heavy atom. The van der Waals surface area contributed by atoms with Crippen molar-refractivity contribution in [2.45, 2.75) is 59.8 Å². The summed E-state index contributed by atoms with van der Waals surface area (Å²) in [5.74, 6) is 1.69. The molecule has 0 amide bonds. The van der Waals surface area contributed by atoms with E-state index in [-0.39, 0.29) is 0 Å². The average molecular weight is 181 g/mol. The first-order valence-corrected chi connectivity index (χ1v) is 5.60. The Labute approximate surface area is 84.4 Å². The van der Waals surface area contributed by atoms with Gasteiger partial charge in [0.05, 0.1) is 0 Å². The molecular formula is C13H25. The number of rotatable bonds is 7. The van der Waals surface area contributed by atoms with E-state index in [1.54, 1.807) is 5.92 Å². The van der Waals surface area contributed by atoms with Gasteiger partial charge in [0.25, 0.3) is 0 Å². The van der Waals surface area contributed by atoms with E-state index in [0.29, 0.717) is 5.41 Å². The summed E-state index contributed by atoms with van der Waals surface area (Å²) in [7, 11) is 0. The monoisotopic (exact) mass is 181 g/mol. The molecular weight excluding hydrogens is 156 g/mol. The van der Waals surface area contributed by atoms with Gasteiger partial charge in [-0.1, -0.05) is 53.0 Å². The molecule has 0 bridgehead atoms. The maximum absolute atomic E-state index is 3.84. The maximum Gasteiger partial charge on any atom is -0.0145 e. The average Bonchev–Trinajstić information content (AvgIpc) is 2.16. The molecule has 0 saturated carbocycles. The Morgan fingerprint density at radius 3 is 2.08 bits per heavy atom. The molecule has 0 heterocycles. The minimum atomic E-state index is 0.449. The van der Waals surface area contributed by atoms with Crippen LogP contribution < -0.4 is 0 Å². The predicted molar refractivity (Wildman–Crippen MR) is 61.7 cm³/mol. The molecule has 0 aromatic carbocycles. The lowest BCUT2D eigenvalue weighted by molar-refractivity contribution is 0.293. The van der Waals surface area contributed by atoms with Crippen molar-refractivity contribution in [3.05, 3.63) is 18.6 Å². The zero-order valence-electron chi connectivity index (χ0n) is 9.82. The van der Waals surface area contributed by atoms with Crippen molar-refractivity contribution in [3.8, 4) is 0 Å². The largest absolute Gasteiger partial charge is 0.103 e. The van der Waals surface area contributed by atoms with Crippen LogP contribution in [0.3, 0.4) is 0 Å². The van der Waals surface area contributed by atoms with Gasteiger partial charge >= 0.3 is 0 Å². The third-order valence-corrected chi connectivity index (χ3v) is 3.36. The van der Waals surface area contributed by atoms with Crippen LogP contribution in [0.25, 0.3) is 0 Å². The summed E-state index contributed by atoms with van der Waals surface area (Å²) in [6, 6.07) is 0. The first-order chi connectivity index (χ1) is 6.14. The number of hydrogen-bond donors (Lipinski definition) is 0. The van der Waals surface area contributed by atoms with Crippen LogP contribution in [0.15, 0.2) is 12.7 Å². The highest BCUT2D eigenvalue weighted by Gasteiger charge is 2.29. The van der Waals surface area contributed by atoms with Gasteiger partial charge in [-0.3, -0.25) is 0 Å². The highest BCUT2D eigenvalue weighted by molar-refractivity contribution is 5.06. The van der Waals surface area contributed by atoms with E-state index in [4.69, 9.17) is 0 Å². The zero-order valence-corrected chi connectivity index (χ0v) is 9.82. The van der Waals surface area contributed by atoms with E-state index in [0.717, 1.165) is 6.42 Å². The van der Waals surface area contributed by atoms with Crippen LogP contribution >= 0.6 is 0 Å². The summed E-state index contributed by atoms with van der Waals surface area (Å²) in [6.07, 6.45) is 8.20. The van der Waals surface area contributed by atoms with Gasteiger partial charge in [-0.15, -0.1) is 6.58 Å². The van der Waals surface area contributed by atoms with Gasteiger partial charge in [0.15, 0.2) is 0 Å². The van der Waals surface area contributed by atoms with Crippen LogP contribution in [0.1, 0.15) is 59.8 Å². The molecule has 77 valence electrons. The molecule has 0 atom stereocenters. The van der Waals surface area contributed by atoms with Crippen molar-refractivity contribution in [3.63, 3.8) is 0 Å². The van der Waals surface area contributed by atoms with Gasteiger partial charge < -0.3 is 0 Å². The minimum Gasteiger partial charge on any atom is -0.103 e. The molecule has 0 rings (SSSR count). The van der Waals surface area contributed by atoms with E-state index in [1.165, 1.54) is 25.7 Å². The quantitative estimate of drug-likeness (QED) is 0.497. The predicted octanol–water partition coefficient (Wildman–Crippen LogP) is 4.76. The summed E-state index contributed by atoms with van der Waals surface area (Å²) in [6.45, 7) is 13.1. The fourth-order valence-corrected chi connectivity index (χ4v) is 1.88. The van der Waals surface area contributed by atoms with Crippen LogP contribution in [0.4, 0.5) is 0 Å². The summed E-state index contributed by atoms with van der Waals surface area (Å²) < 4.78 is 0. The Balaban J connectivity index is 4.36. The van der Waals surface area contributed by atoms with Gasteiger partial charge in [-0.2, -0.15) is 0 Å². The van der Waals surface area contributed by atoms with Crippen molar-refractivity contribution in [1.82, 2.24) is 0 Å². The lowest BCUT2D eigenvalue weighted by Crippen LogP contribution is -2.23. The van der Waals surface area contributed by atoms with Gasteiger partial charge in [-0.05, 0) is 24.2 Å². The van der Waals surface area contributed by atoms with Crippen LogP contribution in [-0.4, -0.2) is 0 Å². The summed E-state index contributed by atoms with van der Waals surface area (Å²) in [4.78, 5) is 0. The molecule has 0 aromatic heterocycles. The molecule has 13 heavy (non-hydrogen) atoms. The van der Waals surface area contributed by atoms with Gasteiger partial charge in [0.1, 0.15) is 0 Å². The van der Waals surface area contributed by atoms with Crippen molar-refractivity contribution >= 4 is 0 Å². The SMILES string of the molecule is C=CC[C](CCC)C(C)(CC)CC. The zero-order chi connectivity index (χ0) is 10.3. The summed E-state index contributed by atoms with van der Waals surface area (Å²) in [5, 5.41) is 0. The third-order valence-electron chi connectivity index (χ3n) is 3.36. The highest BCUT2D eigenvalue weighted by atomic mass is 14.3. The van der Waals surface area contributed by atoms with Crippen molar-refractivity contribution < 1.29 is 0 Å². The number of allylic oxidation sites excluding steroid dienone is 1. The number of hydrogen-bond acceptors (Lipinski definition) is 0. The minimum absolute atomic E-state index is 0.449. The highest BCUT2D eigenvalue weighted by Crippen LogP contribution is 2.41. The molecule has 0 saturated heterocycles. The third kappa shape index (κ3) is 3.54. The smallest absolute Gasteiger partial charge is 0.0145 e. The van der Waals surface area contributed by atoms with Crippen molar-refractivity contribution in [2.24, 2.45) is 5.41 Å². The molecule has 0 spiro atoms. The standard InChI is InChI=1S/C13H25/c1-6-10-12(11-7-2)13(5,8-3)9-4/h6H,1,7-11H2,2-5H3. The molecule has 0 heteroatoms. The summed E-state index contributed by atoms with van der Waals surface area (Å²) >= 11 is 0. The second-order valence-corrected chi connectivity index (χ2v) is 4.11. The van der Waals surface area contributed by atoms with Crippen molar-refractivity contribution in [1.29, 1.82) is 0 Å². The molecule has 0 unspecified atom stereocenters. The van der Waals surface area contributed by atoms with E-state index in [2.05, 4.69) is 40.3 Å². The van der Waals surface area contributed by atoms with Crippen molar-refractivity contribution in [2.75, 3.05) is 0 Å². The molecule has 0 fully saturated rings. The first kappa shape index (κ1) is 12.7. The van der Waals surface area contributed by atoms with E-state index >= 15 is 0 Å². The van der Waals surface area contributed by atoms with Crippen LogP contribution in [0, 0.1) is 11.3 Å². The maximum atomic E-state index is 3.84. The Bertz CT molecular complexity index is 131. The lowest BCUT2D eigenvalue weighted by atomic mass is 9.70. The Hall–Kier alpha value is -0.260.